The Labute approximate surface area is 128 Å². The van der Waals surface area contributed by atoms with Crippen LogP contribution in [0.1, 0.15) is 24.2 Å². The van der Waals surface area contributed by atoms with E-state index in [1.165, 1.54) is 0 Å². The van der Waals surface area contributed by atoms with E-state index in [2.05, 4.69) is 15.6 Å². The fourth-order valence-corrected chi connectivity index (χ4v) is 2.19. The van der Waals surface area contributed by atoms with E-state index in [0.29, 0.717) is 12.3 Å². The van der Waals surface area contributed by atoms with Crippen molar-refractivity contribution in [2.45, 2.75) is 19.5 Å². The number of benzene rings is 1. The Balaban J connectivity index is 1.52. The topological polar surface area (TPSA) is 72.5 Å². The second-order valence-electron chi connectivity index (χ2n) is 4.99. The van der Waals surface area contributed by atoms with E-state index < -0.39 is 0 Å². The van der Waals surface area contributed by atoms with Gasteiger partial charge >= 0.3 is 6.03 Å². The highest BCUT2D eigenvalue weighted by Gasteiger charge is 2.14. The molecule has 1 aliphatic heterocycles. The maximum absolute atomic E-state index is 11.9. The van der Waals surface area contributed by atoms with Gasteiger partial charge in [-0.3, -0.25) is 4.98 Å². The Morgan fingerprint density at radius 1 is 1.27 bits per heavy atom. The monoisotopic (exact) mass is 299 g/mol. The van der Waals surface area contributed by atoms with E-state index in [1.807, 2.05) is 43.3 Å². The van der Waals surface area contributed by atoms with Gasteiger partial charge in [-0.2, -0.15) is 0 Å². The molecule has 22 heavy (non-hydrogen) atoms. The maximum Gasteiger partial charge on any atom is 0.315 e. The number of nitrogens with zero attached hydrogens (tertiary/aromatic N) is 1. The van der Waals surface area contributed by atoms with Gasteiger partial charge in [-0.15, -0.1) is 0 Å². The van der Waals surface area contributed by atoms with E-state index >= 15 is 0 Å². The molecule has 3 rings (SSSR count). The quantitative estimate of drug-likeness (QED) is 0.909. The molecule has 2 heterocycles. The van der Waals surface area contributed by atoms with Crippen molar-refractivity contribution < 1.29 is 14.3 Å². The van der Waals surface area contributed by atoms with Gasteiger partial charge in [-0.1, -0.05) is 12.1 Å². The molecule has 0 spiro atoms. The van der Waals surface area contributed by atoms with Gasteiger partial charge < -0.3 is 20.1 Å². The van der Waals surface area contributed by atoms with Gasteiger partial charge in [0.15, 0.2) is 11.5 Å². The third kappa shape index (κ3) is 3.28. The third-order valence-corrected chi connectivity index (χ3v) is 3.37. The molecule has 6 nitrogen and oxygen atoms in total. The van der Waals surface area contributed by atoms with Gasteiger partial charge in [-0.25, -0.2) is 4.79 Å². The predicted octanol–water partition coefficient (Wildman–Crippen LogP) is 2.37. The summed E-state index contributed by atoms with van der Waals surface area (Å²) < 4.78 is 10.6. The summed E-state index contributed by atoms with van der Waals surface area (Å²) >= 11 is 0. The Morgan fingerprint density at radius 2 is 2.14 bits per heavy atom. The van der Waals surface area contributed by atoms with Crippen LogP contribution in [0.4, 0.5) is 4.79 Å². The molecule has 1 unspecified atom stereocenters. The van der Waals surface area contributed by atoms with Crippen molar-refractivity contribution in [3.63, 3.8) is 0 Å². The zero-order valence-corrected chi connectivity index (χ0v) is 12.2. The van der Waals surface area contributed by atoms with Crippen LogP contribution < -0.4 is 20.1 Å². The average molecular weight is 299 g/mol. The Bertz CT molecular complexity index is 661. The molecule has 6 heteroatoms. The summed E-state index contributed by atoms with van der Waals surface area (Å²) in [6, 6.07) is 10.8. The number of carbonyl (C=O) groups excluding carboxylic acids is 1. The number of fused-ring (bicyclic) bond motifs is 1. The molecule has 1 aromatic carbocycles. The number of carbonyl (C=O) groups is 1. The van der Waals surface area contributed by atoms with Crippen LogP contribution in [0.2, 0.25) is 0 Å². The zero-order chi connectivity index (χ0) is 15.4. The molecule has 1 aromatic heterocycles. The van der Waals surface area contributed by atoms with Crippen LogP contribution in [0.3, 0.4) is 0 Å². The molecule has 0 saturated heterocycles. The van der Waals surface area contributed by atoms with Gasteiger partial charge in [0, 0.05) is 12.7 Å². The van der Waals surface area contributed by atoms with Crippen molar-refractivity contribution in [1.82, 2.24) is 15.6 Å². The van der Waals surface area contributed by atoms with Crippen LogP contribution >= 0.6 is 0 Å². The molecule has 0 bridgehead atoms. The highest BCUT2D eigenvalue weighted by Crippen LogP contribution is 2.32. The fourth-order valence-electron chi connectivity index (χ4n) is 2.19. The van der Waals surface area contributed by atoms with E-state index in [9.17, 15) is 4.79 Å². The van der Waals surface area contributed by atoms with Crippen molar-refractivity contribution in [1.29, 1.82) is 0 Å². The summed E-state index contributed by atoms with van der Waals surface area (Å²) in [6.07, 6.45) is 1.71. The van der Waals surface area contributed by atoms with Crippen LogP contribution in [0.15, 0.2) is 42.6 Å². The molecular formula is C16H17N3O3. The minimum atomic E-state index is -0.240. The number of amides is 2. The highest BCUT2D eigenvalue weighted by atomic mass is 16.7. The maximum atomic E-state index is 11.9. The number of aromatic nitrogens is 1. The SMILES string of the molecule is CC(NC(=O)NCc1ccc2c(c1)OCO2)c1ccccn1. The van der Waals surface area contributed by atoms with Crippen molar-refractivity contribution >= 4 is 6.03 Å². The third-order valence-electron chi connectivity index (χ3n) is 3.37. The standard InChI is InChI=1S/C16H17N3O3/c1-11(13-4-2-3-7-17-13)19-16(20)18-9-12-5-6-14-15(8-12)22-10-21-14/h2-8,11H,9-10H2,1H3,(H2,18,19,20). The first kappa shape index (κ1) is 14.2. The number of nitrogens with one attached hydrogen (secondary N) is 2. The Morgan fingerprint density at radius 3 is 2.95 bits per heavy atom. The average Bonchev–Trinajstić information content (AvgIpc) is 3.01. The molecule has 0 saturated carbocycles. The second-order valence-corrected chi connectivity index (χ2v) is 4.99. The van der Waals surface area contributed by atoms with Gasteiger partial charge in [0.25, 0.3) is 0 Å². The lowest BCUT2D eigenvalue weighted by atomic mass is 10.2. The summed E-state index contributed by atoms with van der Waals surface area (Å²) in [5.41, 5.74) is 1.77. The molecule has 2 amide bonds. The number of hydrogen-bond acceptors (Lipinski definition) is 4. The van der Waals surface area contributed by atoms with Crippen LogP contribution in [0.5, 0.6) is 11.5 Å². The summed E-state index contributed by atoms with van der Waals surface area (Å²) in [5, 5.41) is 5.67. The Hall–Kier alpha value is -2.76. The van der Waals surface area contributed by atoms with Crippen molar-refractivity contribution in [2.75, 3.05) is 6.79 Å². The summed E-state index contributed by atoms with van der Waals surface area (Å²) in [7, 11) is 0. The highest BCUT2D eigenvalue weighted by molar-refractivity contribution is 5.74. The number of hydrogen-bond donors (Lipinski definition) is 2. The second kappa shape index (κ2) is 6.34. The zero-order valence-electron chi connectivity index (χ0n) is 12.2. The molecule has 0 fully saturated rings. The first-order valence-electron chi connectivity index (χ1n) is 7.06. The molecule has 1 aliphatic rings. The largest absolute Gasteiger partial charge is 0.454 e. The van der Waals surface area contributed by atoms with Crippen LogP contribution in [-0.2, 0) is 6.54 Å². The van der Waals surface area contributed by atoms with E-state index in [1.54, 1.807) is 6.20 Å². The van der Waals surface area contributed by atoms with Gasteiger partial charge in [0.1, 0.15) is 0 Å². The van der Waals surface area contributed by atoms with Crippen molar-refractivity contribution in [3.8, 4) is 11.5 Å². The first-order chi connectivity index (χ1) is 10.7. The number of ether oxygens (including phenoxy) is 2. The normalized spacial score (nSPS) is 13.5. The van der Waals surface area contributed by atoms with Gasteiger partial charge in [0.2, 0.25) is 6.79 Å². The summed E-state index contributed by atoms with van der Waals surface area (Å²) in [5.74, 6) is 1.44. The lowest BCUT2D eigenvalue weighted by Crippen LogP contribution is -2.36. The van der Waals surface area contributed by atoms with E-state index in [4.69, 9.17) is 9.47 Å². The van der Waals surface area contributed by atoms with Crippen LogP contribution in [0, 0.1) is 0 Å². The molecule has 2 N–H and O–H groups in total. The summed E-state index contributed by atoms with van der Waals surface area (Å²) in [6.45, 7) is 2.55. The molecule has 114 valence electrons. The Kier molecular flexibility index (Phi) is 4.09. The van der Waals surface area contributed by atoms with E-state index in [-0.39, 0.29) is 18.9 Å². The predicted molar refractivity (Wildman–Crippen MR) is 80.6 cm³/mol. The molecule has 2 aromatic rings. The molecule has 0 aliphatic carbocycles. The van der Waals surface area contributed by atoms with E-state index in [0.717, 1.165) is 17.0 Å². The lowest BCUT2D eigenvalue weighted by Gasteiger charge is -2.14. The number of urea groups is 1. The smallest absolute Gasteiger partial charge is 0.315 e. The van der Waals surface area contributed by atoms with Crippen LogP contribution in [-0.4, -0.2) is 17.8 Å². The lowest BCUT2D eigenvalue weighted by molar-refractivity contribution is 0.174. The summed E-state index contributed by atoms with van der Waals surface area (Å²) in [4.78, 5) is 16.1. The van der Waals surface area contributed by atoms with Gasteiger partial charge in [0.05, 0.1) is 11.7 Å². The number of pyridine rings is 1. The molecular weight excluding hydrogens is 282 g/mol. The fraction of sp³-hybridized carbons (Fsp3) is 0.250. The van der Waals surface area contributed by atoms with Crippen molar-refractivity contribution in [2.24, 2.45) is 0 Å². The van der Waals surface area contributed by atoms with Crippen molar-refractivity contribution in [3.05, 3.63) is 53.9 Å². The minimum Gasteiger partial charge on any atom is -0.454 e. The van der Waals surface area contributed by atoms with Gasteiger partial charge in [-0.05, 0) is 36.8 Å². The molecule has 1 atom stereocenters. The minimum absolute atomic E-state index is 0.155. The number of rotatable bonds is 4. The molecule has 0 radical (unpaired) electrons. The first-order valence-corrected chi connectivity index (χ1v) is 7.06. The van der Waals surface area contributed by atoms with Crippen LogP contribution in [0.25, 0.3) is 0 Å².